The normalized spacial score (nSPS) is 35.9. The van der Waals surface area contributed by atoms with Crippen molar-refractivity contribution < 1.29 is 4.39 Å². The summed E-state index contributed by atoms with van der Waals surface area (Å²) in [5.74, 6) is 4.58. The lowest BCUT2D eigenvalue weighted by Gasteiger charge is -2.38. The Kier molecular flexibility index (Phi) is 7.14. The Morgan fingerprint density at radius 1 is 0.828 bits per heavy atom. The van der Waals surface area contributed by atoms with Gasteiger partial charge in [0, 0.05) is 0 Å². The van der Waals surface area contributed by atoms with Crippen LogP contribution in [0.15, 0.2) is 30.9 Å². The van der Waals surface area contributed by atoms with Crippen LogP contribution in [0.3, 0.4) is 0 Å². The highest BCUT2D eigenvalue weighted by Gasteiger charge is 2.32. The van der Waals surface area contributed by atoms with Crippen molar-refractivity contribution in [2.45, 2.75) is 102 Å². The first kappa shape index (κ1) is 21.1. The molecule has 3 aliphatic rings. The third-order valence-electron chi connectivity index (χ3n) is 8.95. The summed E-state index contributed by atoms with van der Waals surface area (Å²) in [7, 11) is 0. The van der Waals surface area contributed by atoms with Crippen molar-refractivity contribution in [3.63, 3.8) is 0 Å². The van der Waals surface area contributed by atoms with Crippen molar-refractivity contribution in [2.24, 2.45) is 23.7 Å². The molecule has 0 spiro atoms. The molecule has 0 unspecified atom stereocenters. The van der Waals surface area contributed by atoms with Crippen molar-refractivity contribution in [1.29, 1.82) is 0 Å². The van der Waals surface area contributed by atoms with Crippen LogP contribution in [-0.4, -0.2) is 0 Å². The van der Waals surface area contributed by atoms with Crippen LogP contribution in [0.1, 0.15) is 113 Å². The van der Waals surface area contributed by atoms with E-state index in [0.29, 0.717) is 17.8 Å². The maximum atomic E-state index is 15.1. The molecule has 3 aliphatic carbocycles. The van der Waals surface area contributed by atoms with Gasteiger partial charge in [-0.05, 0) is 117 Å². The van der Waals surface area contributed by atoms with Gasteiger partial charge in [0.25, 0.3) is 0 Å². The van der Waals surface area contributed by atoms with Gasteiger partial charge in [-0.1, -0.05) is 44.4 Å². The summed E-state index contributed by atoms with van der Waals surface area (Å²) in [6, 6.07) is 6.27. The summed E-state index contributed by atoms with van der Waals surface area (Å²) in [5.41, 5.74) is 2.23. The van der Waals surface area contributed by atoms with Crippen molar-refractivity contribution in [3.8, 4) is 0 Å². The van der Waals surface area contributed by atoms with Crippen LogP contribution in [0.25, 0.3) is 0 Å². The van der Waals surface area contributed by atoms with Crippen molar-refractivity contribution in [3.05, 3.63) is 47.8 Å². The molecule has 0 saturated heterocycles. The van der Waals surface area contributed by atoms with Crippen LogP contribution < -0.4 is 0 Å². The first-order valence-electron chi connectivity index (χ1n) is 12.6. The molecule has 0 amide bonds. The second-order valence-corrected chi connectivity index (χ2v) is 10.4. The van der Waals surface area contributed by atoms with Crippen molar-refractivity contribution in [1.82, 2.24) is 0 Å². The minimum Gasteiger partial charge on any atom is -0.207 e. The van der Waals surface area contributed by atoms with Crippen molar-refractivity contribution >= 4 is 0 Å². The van der Waals surface area contributed by atoms with Gasteiger partial charge < -0.3 is 0 Å². The molecule has 0 radical (unpaired) electrons. The summed E-state index contributed by atoms with van der Waals surface area (Å²) in [6.45, 7) is 6.29. The fourth-order valence-electron chi connectivity index (χ4n) is 6.79. The number of benzene rings is 1. The molecular weight excluding hydrogens is 355 g/mol. The zero-order chi connectivity index (χ0) is 20.2. The van der Waals surface area contributed by atoms with Gasteiger partial charge in [-0.15, -0.1) is 6.58 Å². The van der Waals surface area contributed by atoms with E-state index in [2.05, 4.69) is 31.7 Å². The molecule has 0 atom stereocenters. The summed E-state index contributed by atoms with van der Waals surface area (Å²) >= 11 is 0. The molecule has 0 aromatic heterocycles. The van der Waals surface area contributed by atoms with Gasteiger partial charge >= 0.3 is 0 Å². The molecule has 0 nitrogen and oxygen atoms in total. The Labute approximate surface area is 178 Å². The molecule has 3 fully saturated rings. The van der Waals surface area contributed by atoms with Crippen LogP contribution in [-0.2, 0) is 0 Å². The van der Waals surface area contributed by atoms with Gasteiger partial charge in [-0.2, -0.15) is 0 Å². The van der Waals surface area contributed by atoms with Gasteiger partial charge in [-0.25, -0.2) is 4.39 Å². The minimum atomic E-state index is 0.0697. The second-order valence-electron chi connectivity index (χ2n) is 10.4. The monoisotopic (exact) mass is 396 g/mol. The molecule has 0 bridgehead atoms. The Morgan fingerprint density at radius 2 is 1.41 bits per heavy atom. The average Bonchev–Trinajstić information content (AvgIpc) is 2.79. The third-order valence-corrected chi connectivity index (χ3v) is 8.95. The summed E-state index contributed by atoms with van der Waals surface area (Å²) < 4.78 is 15.1. The Balaban J connectivity index is 1.31. The van der Waals surface area contributed by atoms with Crippen molar-refractivity contribution in [2.75, 3.05) is 0 Å². The summed E-state index contributed by atoms with van der Waals surface area (Å²) in [4.78, 5) is 0. The average molecular weight is 397 g/mol. The number of rotatable bonds is 5. The summed E-state index contributed by atoms with van der Waals surface area (Å²) in [6.07, 6.45) is 19.1. The fourth-order valence-corrected chi connectivity index (χ4v) is 6.79. The lowest BCUT2D eigenvalue weighted by Crippen LogP contribution is -2.25. The van der Waals surface area contributed by atoms with E-state index in [-0.39, 0.29) is 5.82 Å². The van der Waals surface area contributed by atoms with Crippen LogP contribution in [0.2, 0.25) is 0 Å². The molecule has 29 heavy (non-hydrogen) atoms. The predicted octanol–water partition coefficient (Wildman–Crippen LogP) is 8.78. The highest BCUT2D eigenvalue weighted by atomic mass is 19.1. The smallest absolute Gasteiger partial charge is 0.126 e. The number of halogens is 1. The maximum Gasteiger partial charge on any atom is 0.126 e. The maximum absolute atomic E-state index is 15.1. The lowest BCUT2D eigenvalue weighted by atomic mass is 9.68. The van der Waals surface area contributed by atoms with Crippen LogP contribution in [0.5, 0.6) is 0 Å². The minimum absolute atomic E-state index is 0.0697. The Hall–Kier alpha value is -1.11. The standard InChI is InChI=1S/C28H41F/c1-3-20-5-9-22(10-6-20)23-13-15-25(16-14-23)27-18-17-26(19-28(27)29)24-11-7-21(4-2)8-12-24/h4,17-25H,2-3,5-16H2,1H3. The zero-order valence-corrected chi connectivity index (χ0v) is 18.6. The molecule has 0 N–H and O–H groups in total. The van der Waals surface area contributed by atoms with Crippen LogP contribution >= 0.6 is 0 Å². The Morgan fingerprint density at radius 3 is 1.97 bits per heavy atom. The first-order valence-corrected chi connectivity index (χ1v) is 12.6. The van der Waals surface area contributed by atoms with E-state index in [1.165, 1.54) is 89.0 Å². The van der Waals surface area contributed by atoms with E-state index in [1.807, 2.05) is 6.07 Å². The lowest BCUT2D eigenvalue weighted by molar-refractivity contribution is 0.158. The molecule has 1 aromatic carbocycles. The van der Waals surface area contributed by atoms with E-state index in [1.54, 1.807) is 0 Å². The molecule has 0 aliphatic heterocycles. The van der Waals surface area contributed by atoms with Gasteiger partial charge in [0.05, 0.1) is 0 Å². The molecule has 0 heterocycles. The molecule has 1 aromatic rings. The van der Waals surface area contributed by atoms with Gasteiger partial charge in [0.2, 0.25) is 0 Å². The highest BCUT2D eigenvalue weighted by molar-refractivity contribution is 5.30. The second kappa shape index (κ2) is 9.80. The predicted molar refractivity (Wildman–Crippen MR) is 122 cm³/mol. The van der Waals surface area contributed by atoms with E-state index >= 15 is 4.39 Å². The Bertz CT molecular complexity index is 653. The zero-order valence-electron chi connectivity index (χ0n) is 18.6. The van der Waals surface area contributed by atoms with E-state index in [4.69, 9.17) is 0 Å². The molecule has 160 valence electrons. The number of hydrogen-bond acceptors (Lipinski definition) is 0. The van der Waals surface area contributed by atoms with Gasteiger partial charge in [0.1, 0.15) is 5.82 Å². The number of allylic oxidation sites excluding steroid dienone is 1. The quantitative estimate of drug-likeness (QED) is 0.436. The third kappa shape index (κ3) is 4.97. The van der Waals surface area contributed by atoms with Crippen LogP contribution in [0, 0.1) is 29.5 Å². The van der Waals surface area contributed by atoms with E-state index < -0.39 is 0 Å². The molecule has 3 saturated carbocycles. The van der Waals surface area contributed by atoms with E-state index in [0.717, 1.165) is 23.3 Å². The summed E-state index contributed by atoms with van der Waals surface area (Å²) in [5, 5.41) is 0. The highest BCUT2D eigenvalue weighted by Crippen LogP contribution is 2.45. The van der Waals surface area contributed by atoms with E-state index in [9.17, 15) is 0 Å². The molecule has 4 rings (SSSR count). The van der Waals surface area contributed by atoms with Gasteiger partial charge in [0.15, 0.2) is 0 Å². The number of hydrogen-bond donors (Lipinski definition) is 0. The van der Waals surface area contributed by atoms with Crippen LogP contribution in [0.4, 0.5) is 4.39 Å². The van der Waals surface area contributed by atoms with Gasteiger partial charge in [-0.3, -0.25) is 0 Å². The SMILES string of the molecule is C=CC1CCC(c2ccc(C3CCC(C4CCC(CC)CC4)CC3)c(F)c2)CC1. The first-order chi connectivity index (χ1) is 14.2. The topological polar surface area (TPSA) is 0 Å². The molecular formula is C28H41F. The molecule has 1 heteroatoms. The largest absolute Gasteiger partial charge is 0.207 e. The fraction of sp³-hybridized carbons (Fsp3) is 0.714.